The fraction of sp³-hybridized carbons (Fsp3) is 0.467. The van der Waals surface area contributed by atoms with Crippen LogP contribution in [-0.2, 0) is 16.1 Å². The second kappa shape index (κ2) is 8.32. The quantitative estimate of drug-likeness (QED) is 0.713. The van der Waals surface area contributed by atoms with Gasteiger partial charge in [0.2, 0.25) is 0 Å². The third-order valence-corrected chi connectivity index (χ3v) is 3.09. The lowest BCUT2D eigenvalue weighted by atomic mass is 10.1. The Balaban J connectivity index is 2.57. The Labute approximate surface area is 118 Å². The van der Waals surface area contributed by atoms with E-state index < -0.39 is 5.97 Å². The maximum absolute atomic E-state index is 11.6. The fourth-order valence-corrected chi connectivity index (χ4v) is 1.86. The van der Waals surface area contributed by atoms with Crippen molar-refractivity contribution in [2.45, 2.75) is 38.8 Å². The van der Waals surface area contributed by atoms with Crippen molar-refractivity contribution in [3.63, 3.8) is 0 Å². The van der Waals surface area contributed by atoms with E-state index in [0.29, 0.717) is 6.54 Å². The number of carbonyl (C=O) groups excluding carboxylic acids is 1. The van der Waals surface area contributed by atoms with Crippen LogP contribution in [0.5, 0.6) is 0 Å². The van der Waals surface area contributed by atoms with E-state index in [1.54, 1.807) is 24.3 Å². The summed E-state index contributed by atoms with van der Waals surface area (Å²) in [4.78, 5) is 22.4. The van der Waals surface area contributed by atoms with Crippen molar-refractivity contribution in [2.75, 3.05) is 7.11 Å². The van der Waals surface area contributed by atoms with Gasteiger partial charge in [0.15, 0.2) is 0 Å². The first-order valence-corrected chi connectivity index (χ1v) is 6.72. The van der Waals surface area contributed by atoms with Crippen LogP contribution in [0.15, 0.2) is 24.3 Å². The molecule has 0 saturated carbocycles. The molecule has 110 valence electrons. The zero-order valence-electron chi connectivity index (χ0n) is 11.9. The summed E-state index contributed by atoms with van der Waals surface area (Å²) in [6, 6.07) is 6.27. The van der Waals surface area contributed by atoms with Crippen LogP contribution < -0.4 is 5.32 Å². The monoisotopic (exact) mass is 279 g/mol. The molecule has 0 aliphatic carbocycles. The first-order valence-electron chi connectivity index (χ1n) is 6.72. The zero-order valence-corrected chi connectivity index (χ0v) is 11.9. The van der Waals surface area contributed by atoms with E-state index in [4.69, 9.17) is 9.84 Å². The van der Waals surface area contributed by atoms with Gasteiger partial charge in [-0.3, -0.25) is 4.79 Å². The van der Waals surface area contributed by atoms with Gasteiger partial charge in [0, 0.05) is 6.54 Å². The zero-order chi connectivity index (χ0) is 15.0. The summed E-state index contributed by atoms with van der Waals surface area (Å²) < 4.78 is 4.77. The summed E-state index contributed by atoms with van der Waals surface area (Å²) in [6.45, 7) is 2.57. The van der Waals surface area contributed by atoms with E-state index in [0.717, 1.165) is 24.8 Å². The average molecular weight is 279 g/mol. The summed E-state index contributed by atoms with van der Waals surface area (Å²) in [5.41, 5.74) is 1.18. The minimum absolute atomic E-state index is 0.254. The standard InChI is InChI=1S/C15H21NO4/c1-3-4-5-13(15(19)20-2)16-10-11-6-8-12(9-7-11)14(17)18/h6-9,13,16H,3-5,10H2,1-2H3,(H,17,18). The molecule has 5 heteroatoms. The van der Waals surface area contributed by atoms with Crippen molar-refractivity contribution in [1.82, 2.24) is 5.32 Å². The molecule has 0 amide bonds. The number of carboxylic acids is 1. The van der Waals surface area contributed by atoms with Crippen LogP contribution in [0.3, 0.4) is 0 Å². The molecule has 1 aromatic rings. The molecular weight excluding hydrogens is 258 g/mol. The SMILES string of the molecule is CCCCC(NCc1ccc(C(=O)O)cc1)C(=O)OC. The number of hydrogen-bond donors (Lipinski definition) is 2. The van der Waals surface area contributed by atoms with Gasteiger partial charge < -0.3 is 15.2 Å². The normalized spacial score (nSPS) is 11.9. The molecule has 0 bridgehead atoms. The van der Waals surface area contributed by atoms with Crippen molar-refractivity contribution >= 4 is 11.9 Å². The minimum atomic E-state index is -0.945. The molecule has 0 spiro atoms. The molecule has 0 aromatic heterocycles. The highest BCUT2D eigenvalue weighted by molar-refractivity contribution is 5.87. The molecule has 0 aliphatic rings. The second-order valence-electron chi connectivity index (χ2n) is 4.60. The lowest BCUT2D eigenvalue weighted by molar-refractivity contribution is -0.143. The summed E-state index contributed by atoms with van der Waals surface area (Å²) in [7, 11) is 1.38. The van der Waals surface area contributed by atoms with Crippen LogP contribution in [0.1, 0.15) is 42.1 Å². The Morgan fingerprint density at radius 3 is 2.45 bits per heavy atom. The van der Waals surface area contributed by atoms with Crippen LogP contribution >= 0.6 is 0 Å². The molecule has 2 N–H and O–H groups in total. The van der Waals surface area contributed by atoms with Crippen molar-refractivity contribution in [3.05, 3.63) is 35.4 Å². The number of ether oxygens (including phenoxy) is 1. The minimum Gasteiger partial charge on any atom is -0.478 e. The second-order valence-corrected chi connectivity index (χ2v) is 4.60. The van der Waals surface area contributed by atoms with E-state index >= 15 is 0 Å². The average Bonchev–Trinajstić information content (AvgIpc) is 2.47. The van der Waals surface area contributed by atoms with Gasteiger partial charge in [-0.1, -0.05) is 31.9 Å². The van der Waals surface area contributed by atoms with Gasteiger partial charge in [-0.25, -0.2) is 4.79 Å². The maximum Gasteiger partial charge on any atom is 0.335 e. The van der Waals surface area contributed by atoms with E-state index in [9.17, 15) is 9.59 Å². The lowest BCUT2D eigenvalue weighted by Gasteiger charge is -2.16. The van der Waals surface area contributed by atoms with Crippen molar-refractivity contribution < 1.29 is 19.4 Å². The molecule has 1 aromatic carbocycles. The predicted molar refractivity (Wildman–Crippen MR) is 75.6 cm³/mol. The number of nitrogens with one attached hydrogen (secondary N) is 1. The number of carbonyl (C=O) groups is 2. The molecule has 0 heterocycles. The number of aromatic carboxylic acids is 1. The van der Waals surface area contributed by atoms with Crippen LogP contribution in [0, 0.1) is 0 Å². The van der Waals surface area contributed by atoms with E-state index in [2.05, 4.69) is 12.2 Å². The molecule has 0 fully saturated rings. The van der Waals surface area contributed by atoms with Crippen molar-refractivity contribution in [2.24, 2.45) is 0 Å². The number of hydrogen-bond acceptors (Lipinski definition) is 4. The summed E-state index contributed by atoms with van der Waals surface area (Å²) >= 11 is 0. The van der Waals surface area contributed by atoms with Gasteiger partial charge in [-0.05, 0) is 24.1 Å². The Bertz CT molecular complexity index is 442. The van der Waals surface area contributed by atoms with Gasteiger partial charge in [-0.2, -0.15) is 0 Å². The third-order valence-electron chi connectivity index (χ3n) is 3.09. The highest BCUT2D eigenvalue weighted by Crippen LogP contribution is 2.07. The first-order chi connectivity index (χ1) is 9.58. The number of unbranched alkanes of at least 4 members (excludes halogenated alkanes) is 1. The highest BCUT2D eigenvalue weighted by atomic mass is 16.5. The molecule has 1 rings (SSSR count). The van der Waals surface area contributed by atoms with Crippen LogP contribution in [0.2, 0.25) is 0 Å². The van der Waals surface area contributed by atoms with Gasteiger partial charge >= 0.3 is 11.9 Å². The van der Waals surface area contributed by atoms with E-state index in [1.165, 1.54) is 7.11 Å². The van der Waals surface area contributed by atoms with E-state index in [1.807, 2.05) is 0 Å². The van der Waals surface area contributed by atoms with Gasteiger partial charge in [0.05, 0.1) is 12.7 Å². The smallest absolute Gasteiger partial charge is 0.335 e. The number of benzene rings is 1. The highest BCUT2D eigenvalue weighted by Gasteiger charge is 2.17. The van der Waals surface area contributed by atoms with Crippen LogP contribution in [0.4, 0.5) is 0 Å². The maximum atomic E-state index is 11.6. The molecule has 0 saturated heterocycles. The number of rotatable bonds is 8. The summed E-state index contributed by atoms with van der Waals surface area (Å²) in [6.07, 6.45) is 2.70. The Morgan fingerprint density at radius 2 is 1.95 bits per heavy atom. The van der Waals surface area contributed by atoms with Gasteiger partial charge in [0.1, 0.15) is 6.04 Å². The molecule has 0 radical (unpaired) electrons. The predicted octanol–water partition coefficient (Wildman–Crippen LogP) is 2.21. The first kappa shape index (κ1) is 16.2. The van der Waals surface area contributed by atoms with Gasteiger partial charge in [0.25, 0.3) is 0 Å². The topological polar surface area (TPSA) is 75.6 Å². The van der Waals surface area contributed by atoms with Gasteiger partial charge in [-0.15, -0.1) is 0 Å². The Hall–Kier alpha value is -1.88. The molecule has 5 nitrogen and oxygen atoms in total. The van der Waals surface area contributed by atoms with Crippen molar-refractivity contribution in [3.8, 4) is 0 Å². The molecular formula is C15H21NO4. The summed E-state index contributed by atoms with van der Waals surface area (Å²) in [5, 5.41) is 12.0. The third kappa shape index (κ3) is 5.01. The van der Waals surface area contributed by atoms with E-state index in [-0.39, 0.29) is 17.6 Å². The Morgan fingerprint density at radius 1 is 1.30 bits per heavy atom. The molecule has 0 aliphatic heterocycles. The van der Waals surface area contributed by atoms with Crippen molar-refractivity contribution in [1.29, 1.82) is 0 Å². The van der Waals surface area contributed by atoms with Crippen LogP contribution in [0.25, 0.3) is 0 Å². The summed E-state index contributed by atoms with van der Waals surface area (Å²) in [5.74, 6) is -1.21. The molecule has 1 unspecified atom stereocenters. The Kier molecular flexibility index (Phi) is 6.73. The number of carboxylic acid groups (broad SMARTS) is 1. The molecule has 1 atom stereocenters. The lowest BCUT2D eigenvalue weighted by Crippen LogP contribution is -2.37. The number of esters is 1. The fourth-order valence-electron chi connectivity index (χ4n) is 1.86. The number of methoxy groups -OCH3 is 1. The largest absolute Gasteiger partial charge is 0.478 e. The molecule has 20 heavy (non-hydrogen) atoms. The van der Waals surface area contributed by atoms with Crippen LogP contribution in [-0.4, -0.2) is 30.2 Å².